The summed E-state index contributed by atoms with van der Waals surface area (Å²) in [5, 5.41) is 14.4. The molecule has 0 saturated heterocycles. The van der Waals surface area contributed by atoms with Crippen molar-refractivity contribution in [1.82, 2.24) is 15.0 Å². The number of aromatic nitrogens is 3. The Balaban J connectivity index is 1.71. The fraction of sp³-hybridized carbons (Fsp3) is 0.350. The van der Waals surface area contributed by atoms with Crippen LogP contribution in [0.4, 0.5) is 5.82 Å². The monoisotopic (exact) mass is 350 g/mol. The zero-order valence-electron chi connectivity index (χ0n) is 14.9. The molecule has 1 atom stereocenters. The van der Waals surface area contributed by atoms with E-state index in [-0.39, 0.29) is 12.1 Å². The molecule has 0 amide bonds. The molecule has 0 bridgehead atoms. The van der Waals surface area contributed by atoms with Gasteiger partial charge in [-0.05, 0) is 43.4 Å². The lowest BCUT2D eigenvalue weighted by Gasteiger charge is -2.38. The van der Waals surface area contributed by atoms with Gasteiger partial charge in [0.05, 0.1) is 24.8 Å². The van der Waals surface area contributed by atoms with Gasteiger partial charge in [0.25, 0.3) is 0 Å². The Morgan fingerprint density at radius 2 is 1.96 bits per heavy atom. The van der Waals surface area contributed by atoms with Gasteiger partial charge in [0.1, 0.15) is 11.6 Å². The highest BCUT2D eigenvalue weighted by Crippen LogP contribution is 2.40. The average Bonchev–Trinajstić information content (AvgIpc) is 2.64. The summed E-state index contributed by atoms with van der Waals surface area (Å²) in [7, 11) is 1.61. The largest absolute Gasteiger partial charge is 0.481 e. The molecular formula is C20H22N4O2. The van der Waals surface area contributed by atoms with Crippen LogP contribution in [0.5, 0.6) is 5.88 Å². The number of anilines is 1. The van der Waals surface area contributed by atoms with Crippen molar-refractivity contribution in [1.29, 1.82) is 0 Å². The molecule has 4 rings (SSSR count). The Morgan fingerprint density at radius 1 is 1.15 bits per heavy atom. The van der Waals surface area contributed by atoms with Crippen molar-refractivity contribution in [2.24, 2.45) is 5.92 Å². The summed E-state index contributed by atoms with van der Waals surface area (Å²) in [6, 6.07) is 11.9. The predicted molar refractivity (Wildman–Crippen MR) is 100 cm³/mol. The molecule has 2 N–H and O–H groups in total. The molecule has 2 aromatic heterocycles. The van der Waals surface area contributed by atoms with Gasteiger partial charge in [0, 0.05) is 17.6 Å². The normalized spacial score (nSPS) is 20.4. The Morgan fingerprint density at radius 3 is 2.65 bits per heavy atom. The number of aliphatic hydroxyl groups is 1. The van der Waals surface area contributed by atoms with E-state index in [4.69, 9.17) is 4.74 Å². The number of methoxy groups -OCH3 is 1. The Kier molecular flexibility index (Phi) is 4.42. The first-order valence-electron chi connectivity index (χ1n) is 8.82. The summed E-state index contributed by atoms with van der Waals surface area (Å²) in [5.41, 5.74) is 1.98. The van der Waals surface area contributed by atoms with Crippen LogP contribution in [0.15, 0.2) is 42.6 Å². The highest BCUT2D eigenvalue weighted by Gasteiger charge is 2.35. The van der Waals surface area contributed by atoms with Crippen molar-refractivity contribution >= 4 is 16.7 Å². The maximum absolute atomic E-state index is 9.79. The highest BCUT2D eigenvalue weighted by atomic mass is 16.5. The molecule has 1 saturated carbocycles. The van der Waals surface area contributed by atoms with E-state index in [9.17, 15) is 5.11 Å². The smallest absolute Gasteiger partial charge is 0.212 e. The summed E-state index contributed by atoms with van der Waals surface area (Å²) in [6.07, 6.45) is 3.15. The maximum atomic E-state index is 9.79. The van der Waals surface area contributed by atoms with Crippen LogP contribution in [0, 0.1) is 12.8 Å². The van der Waals surface area contributed by atoms with Crippen molar-refractivity contribution in [3.63, 3.8) is 0 Å². The van der Waals surface area contributed by atoms with Crippen LogP contribution < -0.4 is 10.1 Å². The number of para-hydroxylation sites is 1. The molecule has 3 aromatic rings. The first kappa shape index (κ1) is 16.7. The van der Waals surface area contributed by atoms with Crippen LogP contribution in [0.25, 0.3) is 10.9 Å². The lowest BCUT2D eigenvalue weighted by Crippen LogP contribution is -2.36. The zero-order chi connectivity index (χ0) is 18.1. The van der Waals surface area contributed by atoms with E-state index in [1.807, 2.05) is 49.5 Å². The summed E-state index contributed by atoms with van der Waals surface area (Å²) in [5.74, 6) is 2.46. The molecule has 134 valence electrons. The third-order valence-electron chi connectivity index (χ3n) is 4.96. The molecule has 0 spiro atoms. The maximum Gasteiger partial charge on any atom is 0.212 e. The lowest BCUT2D eigenvalue weighted by atomic mass is 9.75. The van der Waals surface area contributed by atoms with Crippen LogP contribution in [0.3, 0.4) is 0 Å². The number of benzene rings is 1. The van der Waals surface area contributed by atoms with Gasteiger partial charge in [-0.15, -0.1) is 0 Å². The number of nitrogens with one attached hydrogen (secondary N) is 1. The second-order valence-electron chi connectivity index (χ2n) is 6.78. The van der Waals surface area contributed by atoms with Crippen LogP contribution in [-0.2, 0) is 0 Å². The molecule has 0 aliphatic heterocycles. The van der Waals surface area contributed by atoms with Gasteiger partial charge in [0.15, 0.2) is 0 Å². The van der Waals surface area contributed by atoms with Gasteiger partial charge in [-0.3, -0.25) is 0 Å². The quantitative estimate of drug-likeness (QED) is 0.735. The van der Waals surface area contributed by atoms with Gasteiger partial charge in [-0.1, -0.05) is 18.2 Å². The van der Waals surface area contributed by atoms with Gasteiger partial charge >= 0.3 is 0 Å². The molecule has 1 fully saturated rings. The minimum absolute atomic E-state index is 0.0227. The van der Waals surface area contributed by atoms with E-state index >= 15 is 0 Å². The van der Waals surface area contributed by atoms with Crippen LogP contribution >= 0.6 is 0 Å². The van der Waals surface area contributed by atoms with Gasteiger partial charge in [-0.2, -0.15) is 0 Å². The fourth-order valence-corrected chi connectivity index (χ4v) is 3.52. The number of aliphatic hydroxyl groups excluding tert-OH is 1. The van der Waals surface area contributed by atoms with E-state index in [1.165, 1.54) is 0 Å². The Labute approximate surface area is 152 Å². The number of hydrogen-bond acceptors (Lipinski definition) is 6. The standard InChI is InChI=1S/C20H22N4O2/c1-12-22-17-6-4-3-5-16(17)20(23-12)24-19(14-9-15(25)10-14)13-7-8-18(26-2)21-11-13/h3-8,11,14-15,19,25H,9-10H2,1-2H3,(H,22,23,24)/t14?,15?,19-/m0/s1. The van der Waals surface area contributed by atoms with E-state index in [2.05, 4.69) is 20.3 Å². The Hall–Kier alpha value is -2.73. The molecular weight excluding hydrogens is 328 g/mol. The molecule has 1 aromatic carbocycles. The molecule has 6 heteroatoms. The number of rotatable bonds is 5. The summed E-state index contributed by atoms with van der Waals surface area (Å²) < 4.78 is 5.17. The second kappa shape index (κ2) is 6.88. The molecule has 2 heterocycles. The van der Waals surface area contributed by atoms with Crippen molar-refractivity contribution < 1.29 is 9.84 Å². The first-order valence-corrected chi connectivity index (χ1v) is 8.82. The van der Waals surface area contributed by atoms with Crippen LogP contribution in [0.1, 0.15) is 30.3 Å². The summed E-state index contributed by atoms with van der Waals surface area (Å²) in [6.45, 7) is 1.90. The van der Waals surface area contributed by atoms with Crippen molar-refractivity contribution in [3.05, 3.63) is 54.0 Å². The molecule has 6 nitrogen and oxygen atoms in total. The van der Waals surface area contributed by atoms with Crippen molar-refractivity contribution in [2.45, 2.75) is 31.9 Å². The fourth-order valence-electron chi connectivity index (χ4n) is 3.52. The SMILES string of the molecule is COc1ccc([C@H](Nc2nc(C)nc3ccccc23)C2CC(O)C2)cn1. The highest BCUT2D eigenvalue weighted by molar-refractivity contribution is 5.89. The zero-order valence-corrected chi connectivity index (χ0v) is 14.9. The van der Waals surface area contributed by atoms with E-state index in [0.29, 0.717) is 11.8 Å². The van der Waals surface area contributed by atoms with Gasteiger partial charge in [-0.25, -0.2) is 15.0 Å². The third kappa shape index (κ3) is 3.20. The Bertz CT molecular complexity index is 907. The summed E-state index contributed by atoms with van der Waals surface area (Å²) >= 11 is 0. The topological polar surface area (TPSA) is 80.2 Å². The average molecular weight is 350 g/mol. The third-order valence-corrected chi connectivity index (χ3v) is 4.96. The number of fused-ring (bicyclic) bond motifs is 1. The lowest BCUT2D eigenvalue weighted by molar-refractivity contribution is 0.0339. The molecule has 1 aliphatic carbocycles. The van der Waals surface area contributed by atoms with Crippen molar-refractivity contribution in [3.8, 4) is 5.88 Å². The summed E-state index contributed by atoms with van der Waals surface area (Å²) in [4.78, 5) is 13.5. The number of pyridine rings is 1. The predicted octanol–water partition coefficient (Wildman–Crippen LogP) is 3.27. The molecule has 1 aliphatic rings. The van der Waals surface area contributed by atoms with Gasteiger partial charge < -0.3 is 15.2 Å². The van der Waals surface area contributed by atoms with E-state index < -0.39 is 0 Å². The molecule has 0 radical (unpaired) electrons. The molecule has 0 unspecified atom stereocenters. The number of aryl methyl sites for hydroxylation is 1. The minimum Gasteiger partial charge on any atom is -0.481 e. The van der Waals surface area contributed by atoms with E-state index in [0.717, 1.165) is 41.0 Å². The molecule has 26 heavy (non-hydrogen) atoms. The minimum atomic E-state index is -0.223. The van der Waals surface area contributed by atoms with Crippen LogP contribution in [0.2, 0.25) is 0 Å². The van der Waals surface area contributed by atoms with Crippen molar-refractivity contribution in [2.75, 3.05) is 12.4 Å². The number of nitrogens with zero attached hydrogens (tertiary/aromatic N) is 3. The second-order valence-corrected chi connectivity index (χ2v) is 6.78. The van der Waals surface area contributed by atoms with E-state index in [1.54, 1.807) is 7.11 Å². The van der Waals surface area contributed by atoms with Gasteiger partial charge in [0.2, 0.25) is 5.88 Å². The van der Waals surface area contributed by atoms with Crippen LogP contribution in [-0.4, -0.2) is 33.3 Å². The first-order chi connectivity index (χ1) is 12.6. The number of ether oxygens (including phenoxy) is 1. The number of hydrogen-bond donors (Lipinski definition) is 2.